The van der Waals surface area contributed by atoms with Crippen LogP contribution in [0.25, 0.3) is 0 Å². The van der Waals surface area contributed by atoms with Gasteiger partial charge in [0.15, 0.2) is 0 Å². The van der Waals surface area contributed by atoms with Gasteiger partial charge in [0.2, 0.25) is 0 Å². The number of hydrogen-bond donors (Lipinski definition) is 1. The Morgan fingerprint density at radius 2 is 2.05 bits per heavy atom. The number of rotatable bonds is 5. The Balaban J connectivity index is 1.69. The topological polar surface area (TPSA) is 28.2 Å². The number of benzene rings is 1. The third-order valence-corrected chi connectivity index (χ3v) is 4.09. The van der Waals surface area contributed by atoms with Crippen molar-refractivity contribution in [3.8, 4) is 0 Å². The monoisotopic (exact) mass is 281 g/mol. The van der Waals surface area contributed by atoms with Crippen molar-refractivity contribution in [3.05, 3.63) is 54.2 Å². The summed E-state index contributed by atoms with van der Waals surface area (Å²) in [6, 6.07) is 15.0. The molecule has 2 aromatic rings. The van der Waals surface area contributed by atoms with E-state index in [1.807, 2.05) is 24.4 Å². The van der Waals surface area contributed by atoms with Crippen molar-refractivity contribution in [1.29, 1.82) is 0 Å². The summed E-state index contributed by atoms with van der Waals surface area (Å²) in [6.07, 6.45) is 5.81. The highest BCUT2D eigenvalue weighted by Crippen LogP contribution is 2.31. The van der Waals surface area contributed by atoms with Crippen LogP contribution in [0, 0.1) is 0 Å². The lowest BCUT2D eigenvalue weighted by Crippen LogP contribution is -2.24. The van der Waals surface area contributed by atoms with E-state index >= 15 is 0 Å². The first-order chi connectivity index (χ1) is 10.4. The molecule has 3 rings (SSSR count). The zero-order valence-corrected chi connectivity index (χ0v) is 12.6. The summed E-state index contributed by atoms with van der Waals surface area (Å²) < 4.78 is 0. The number of anilines is 2. The second-order valence-electron chi connectivity index (χ2n) is 5.66. The fraction of sp³-hybridized carbons (Fsp3) is 0.389. The molecule has 0 unspecified atom stereocenters. The third kappa shape index (κ3) is 3.42. The van der Waals surface area contributed by atoms with E-state index in [-0.39, 0.29) is 0 Å². The molecule has 1 aliphatic rings. The maximum atomic E-state index is 4.58. The molecule has 0 bridgehead atoms. The van der Waals surface area contributed by atoms with E-state index in [1.165, 1.54) is 37.9 Å². The molecule has 1 fully saturated rings. The highest BCUT2D eigenvalue weighted by molar-refractivity contribution is 5.55. The van der Waals surface area contributed by atoms with Crippen LogP contribution in [-0.2, 0) is 0 Å². The van der Waals surface area contributed by atoms with Crippen LogP contribution in [0.5, 0.6) is 0 Å². The molecule has 110 valence electrons. The van der Waals surface area contributed by atoms with E-state index < -0.39 is 0 Å². The first-order valence-electron chi connectivity index (χ1n) is 7.89. The van der Waals surface area contributed by atoms with Crippen LogP contribution >= 0.6 is 0 Å². The van der Waals surface area contributed by atoms with E-state index in [4.69, 9.17) is 0 Å². The molecule has 3 heteroatoms. The Labute approximate surface area is 127 Å². The summed E-state index contributed by atoms with van der Waals surface area (Å²) in [5.41, 5.74) is 2.42. The average molecular weight is 281 g/mol. The minimum atomic E-state index is 0.559. The van der Waals surface area contributed by atoms with E-state index in [1.54, 1.807) is 0 Å². The van der Waals surface area contributed by atoms with Gasteiger partial charge in [0, 0.05) is 17.9 Å². The predicted octanol–water partition coefficient (Wildman–Crippen LogP) is 4.37. The minimum absolute atomic E-state index is 0.559. The van der Waals surface area contributed by atoms with Gasteiger partial charge in [-0.1, -0.05) is 31.2 Å². The quantitative estimate of drug-likeness (QED) is 0.882. The van der Waals surface area contributed by atoms with Crippen LogP contribution in [0.3, 0.4) is 0 Å². The summed E-state index contributed by atoms with van der Waals surface area (Å²) in [4.78, 5) is 7.16. The molecule has 1 N–H and O–H groups in total. The first kappa shape index (κ1) is 14.1. The molecular weight excluding hydrogens is 258 g/mol. The van der Waals surface area contributed by atoms with Gasteiger partial charge in [0.25, 0.3) is 0 Å². The highest BCUT2D eigenvalue weighted by atomic mass is 15.2. The van der Waals surface area contributed by atoms with Crippen LogP contribution in [0.15, 0.2) is 48.7 Å². The smallest absolute Gasteiger partial charge is 0.130 e. The van der Waals surface area contributed by atoms with Gasteiger partial charge in [-0.15, -0.1) is 0 Å². The molecule has 1 saturated heterocycles. The Morgan fingerprint density at radius 1 is 1.19 bits per heavy atom. The molecule has 1 aromatic carbocycles. The average Bonchev–Trinajstić information content (AvgIpc) is 2.98. The van der Waals surface area contributed by atoms with E-state index in [9.17, 15) is 0 Å². The van der Waals surface area contributed by atoms with Gasteiger partial charge >= 0.3 is 0 Å². The number of para-hydroxylation sites is 1. The number of nitrogens with one attached hydrogen (secondary N) is 1. The fourth-order valence-corrected chi connectivity index (χ4v) is 3.10. The first-order valence-corrected chi connectivity index (χ1v) is 7.89. The molecule has 0 saturated carbocycles. The van der Waals surface area contributed by atoms with Gasteiger partial charge in [-0.3, -0.25) is 4.90 Å². The number of pyridine rings is 1. The fourth-order valence-electron chi connectivity index (χ4n) is 3.10. The molecule has 1 aromatic heterocycles. The summed E-state index contributed by atoms with van der Waals surface area (Å²) in [5.74, 6) is 0.907. The van der Waals surface area contributed by atoms with Gasteiger partial charge in [0.05, 0.1) is 0 Å². The van der Waals surface area contributed by atoms with Crippen molar-refractivity contribution in [3.63, 3.8) is 0 Å². The maximum absolute atomic E-state index is 4.58. The molecule has 3 nitrogen and oxygen atoms in total. The molecule has 0 aliphatic carbocycles. The van der Waals surface area contributed by atoms with Crippen molar-refractivity contribution < 1.29 is 0 Å². The van der Waals surface area contributed by atoms with Gasteiger partial charge in [-0.05, 0) is 56.1 Å². The van der Waals surface area contributed by atoms with Crippen LogP contribution in [-0.4, -0.2) is 23.0 Å². The molecular formula is C18H23N3. The van der Waals surface area contributed by atoms with E-state index in [0.29, 0.717) is 6.04 Å². The van der Waals surface area contributed by atoms with Crippen LogP contribution in [0.1, 0.15) is 37.8 Å². The number of nitrogens with zero attached hydrogens (tertiary/aromatic N) is 2. The number of hydrogen-bond acceptors (Lipinski definition) is 3. The van der Waals surface area contributed by atoms with Crippen LogP contribution < -0.4 is 5.32 Å². The number of likely N-dealkylation sites (tertiary alicyclic amines) is 1. The summed E-state index contributed by atoms with van der Waals surface area (Å²) in [6.45, 7) is 4.66. The summed E-state index contributed by atoms with van der Waals surface area (Å²) in [7, 11) is 0. The highest BCUT2D eigenvalue weighted by Gasteiger charge is 2.25. The second-order valence-corrected chi connectivity index (χ2v) is 5.66. The standard InChI is InChI=1S/C18H23N3/c1-2-12-21-13-6-9-17(21)15-10-11-18(19-14-15)20-16-7-4-3-5-8-16/h3-5,7-8,10-11,14,17H,2,6,9,12-13H2,1H3,(H,19,20)/t17-/m0/s1. The molecule has 1 atom stereocenters. The lowest BCUT2D eigenvalue weighted by atomic mass is 10.1. The summed E-state index contributed by atoms with van der Waals surface area (Å²) in [5, 5.41) is 3.33. The van der Waals surface area contributed by atoms with Gasteiger partial charge in [-0.2, -0.15) is 0 Å². The SMILES string of the molecule is CCCN1CCC[C@H]1c1ccc(Nc2ccccc2)nc1. The Bertz CT molecular complexity index is 550. The van der Waals surface area contributed by atoms with Crippen molar-refractivity contribution in [2.24, 2.45) is 0 Å². The third-order valence-electron chi connectivity index (χ3n) is 4.09. The largest absolute Gasteiger partial charge is 0.340 e. The van der Waals surface area contributed by atoms with Crippen molar-refractivity contribution in [2.75, 3.05) is 18.4 Å². The van der Waals surface area contributed by atoms with Crippen LogP contribution in [0.2, 0.25) is 0 Å². The zero-order chi connectivity index (χ0) is 14.5. The molecule has 1 aliphatic heterocycles. The predicted molar refractivity (Wildman–Crippen MR) is 87.8 cm³/mol. The van der Waals surface area contributed by atoms with Gasteiger partial charge < -0.3 is 5.32 Å². The van der Waals surface area contributed by atoms with Crippen molar-refractivity contribution in [1.82, 2.24) is 9.88 Å². The Kier molecular flexibility index (Phi) is 4.51. The second kappa shape index (κ2) is 6.72. The zero-order valence-electron chi connectivity index (χ0n) is 12.6. The van der Waals surface area contributed by atoms with Crippen LogP contribution in [0.4, 0.5) is 11.5 Å². The molecule has 0 radical (unpaired) electrons. The molecule has 2 heterocycles. The van der Waals surface area contributed by atoms with E-state index in [2.05, 4.69) is 46.4 Å². The van der Waals surface area contributed by atoms with Crippen molar-refractivity contribution in [2.45, 2.75) is 32.2 Å². The maximum Gasteiger partial charge on any atom is 0.130 e. The minimum Gasteiger partial charge on any atom is -0.340 e. The lowest BCUT2D eigenvalue weighted by molar-refractivity contribution is 0.257. The normalized spacial score (nSPS) is 18.8. The molecule has 0 amide bonds. The molecule has 0 spiro atoms. The van der Waals surface area contributed by atoms with Gasteiger partial charge in [0.1, 0.15) is 5.82 Å². The Hall–Kier alpha value is -1.87. The Morgan fingerprint density at radius 3 is 2.76 bits per heavy atom. The molecule has 21 heavy (non-hydrogen) atoms. The van der Waals surface area contributed by atoms with Gasteiger partial charge in [-0.25, -0.2) is 4.98 Å². The number of aromatic nitrogens is 1. The van der Waals surface area contributed by atoms with E-state index in [0.717, 1.165) is 11.5 Å². The summed E-state index contributed by atoms with van der Waals surface area (Å²) >= 11 is 0. The lowest BCUT2D eigenvalue weighted by Gasteiger charge is -2.24. The van der Waals surface area contributed by atoms with Crippen molar-refractivity contribution >= 4 is 11.5 Å².